The monoisotopic (exact) mass is 397 g/mol. The molecule has 1 aliphatic rings. The van der Waals surface area contributed by atoms with E-state index in [-0.39, 0.29) is 12.3 Å². The van der Waals surface area contributed by atoms with Crippen LogP contribution in [-0.2, 0) is 17.8 Å². The molecule has 3 rings (SSSR count). The first-order chi connectivity index (χ1) is 12.0. The van der Waals surface area contributed by atoms with E-state index >= 15 is 0 Å². The molecule has 1 saturated heterocycles. The van der Waals surface area contributed by atoms with Crippen LogP contribution in [0.2, 0.25) is 10.0 Å². The molecule has 7 heteroatoms. The Bertz CT molecular complexity index is 742. The van der Waals surface area contributed by atoms with Crippen LogP contribution < -0.4 is 5.32 Å². The minimum atomic E-state index is -0.128. The van der Waals surface area contributed by atoms with E-state index in [0.717, 1.165) is 36.8 Å². The van der Waals surface area contributed by atoms with Crippen LogP contribution in [-0.4, -0.2) is 28.9 Å². The predicted molar refractivity (Wildman–Crippen MR) is 105 cm³/mol. The molecule has 2 aromatic rings. The minimum absolute atomic E-state index is 0.128. The molecule has 25 heavy (non-hydrogen) atoms. The highest BCUT2D eigenvalue weighted by Crippen LogP contribution is 2.23. The van der Waals surface area contributed by atoms with Crippen molar-refractivity contribution in [1.29, 1.82) is 0 Å². The van der Waals surface area contributed by atoms with Gasteiger partial charge >= 0.3 is 0 Å². The van der Waals surface area contributed by atoms with Gasteiger partial charge in [0.2, 0.25) is 5.91 Å². The summed E-state index contributed by atoms with van der Waals surface area (Å²) in [6.07, 6.45) is 2.69. The molecule has 1 amide bonds. The average Bonchev–Trinajstić information content (AvgIpc) is 2.99. The summed E-state index contributed by atoms with van der Waals surface area (Å²) in [6.45, 7) is 5.40. The molecule has 1 fully saturated rings. The molecule has 0 aliphatic carbocycles. The summed E-state index contributed by atoms with van der Waals surface area (Å²) in [4.78, 5) is 19.2. The van der Waals surface area contributed by atoms with E-state index < -0.39 is 0 Å². The van der Waals surface area contributed by atoms with Gasteiger partial charge in [0.05, 0.1) is 12.1 Å². The van der Waals surface area contributed by atoms with Crippen LogP contribution in [0.4, 0.5) is 5.13 Å². The molecule has 2 heterocycles. The Labute approximate surface area is 162 Å². The molecular formula is C18H21Cl2N3OS. The first kappa shape index (κ1) is 18.6. The highest BCUT2D eigenvalue weighted by Gasteiger charge is 2.17. The number of nitrogens with zero attached hydrogens (tertiary/aromatic N) is 2. The number of halogens is 2. The fourth-order valence-electron chi connectivity index (χ4n) is 2.89. The molecular weight excluding hydrogens is 377 g/mol. The van der Waals surface area contributed by atoms with Gasteiger partial charge in [-0.25, -0.2) is 4.98 Å². The summed E-state index contributed by atoms with van der Waals surface area (Å²) in [7, 11) is 0. The largest absolute Gasteiger partial charge is 0.302 e. The summed E-state index contributed by atoms with van der Waals surface area (Å²) in [5.41, 5.74) is 1.77. The smallest absolute Gasteiger partial charge is 0.230 e. The molecule has 0 radical (unpaired) electrons. The van der Waals surface area contributed by atoms with E-state index in [1.54, 1.807) is 18.2 Å². The van der Waals surface area contributed by atoms with E-state index in [2.05, 4.69) is 22.1 Å². The molecule has 0 saturated carbocycles. The summed E-state index contributed by atoms with van der Waals surface area (Å²) < 4.78 is 0. The summed E-state index contributed by atoms with van der Waals surface area (Å²) in [5, 5.41) is 6.57. The number of nitrogens with one attached hydrogen (secondary N) is 1. The lowest BCUT2D eigenvalue weighted by Crippen LogP contribution is -2.32. The second-order valence-electron chi connectivity index (χ2n) is 6.56. The quantitative estimate of drug-likeness (QED) is 0.782. The molecule has 0 atom stereocenters. The van der Waals surface area contributed by atoms with E-state index in [1.807, 2.05) is 5.38 Å². The molecule has 0 unspecified atom stereocenters. The number of carbonyl (C=O) groups excluding carboxylic acids is 1. The number of likely N-dealkylation sites (tertiary alicyclic amines) is 1. The fraction of sp³-hybridized carbons (Fsp3) is 0.444. The van der Waals surface area contributed by atoms with Gasteiger partial charge in [-0.2, -0.15) is 0 Å². The van der Waals surface area contributed by atoms with Crippen LogP contribution in [0.25, 0.3) is 0 Å². The SMILES string of the molecule is CC1CCN(Cc2csc(NC(=O)Cc3ccc(Cl)cc3Cl)n2)CC1. The van der Waals surface area contributed by atoms with Crippen LogP contribution in [0.5, 0.6) is 0 Å². The number of amides is 1. The lowest BCUT2D eigenvalue weighted by Gasteiger charge is -2.29. The maximum Gasteiger partial charge on any atom is 0.230 e. The number of piperidine rings is 1. The Morgan fingerprint density at radius 2 is 2.12 bits per heavy atom. The van der Waals surface area contributed by atoms with E-state index in [9.17, 15) is 4.79 Å². The van der Waals surface area contributed by atoms with Crippen molar-refractivity contribution in [3.05, 3.63) is 44.9 Å². The van der Waals surface area contributed by atoms with E-state index in [1.165, 1.54) is 24.2 Å². The second kappa shape index (κ2) is 8.49. The molecule has 4 nitrogen and oxygen atoms in total. The topological polar surface area (TPSA) is 45.2 Å². The van der Waals surface area contributed by atoms with Gasteiger partial charge in [-0.15, -0.1) is 11.3 Å². The number of hydrogen-bond donors (Lipinski definition) is 1. The number of aromatic nitrogens is 1. The van der Waals surface area contributed by atoms with Gasteiger partial charge in [-0.05, 0) is 49.5 Å². The Hall–Kier alpha value is -1.14. The summed E-state index contributed by atoms with van der Waals surface area (Å²) in [6, 6.07) is 5.15. The normalized spacial score (nSPS) is 16.1. The van der Waals surface area contributed by atoms with Crippen LogP contribution in [0.3, 0.4) is 0 Å². The third-order valence-electron chi connectivity index (χ3n) is 4.43. The van der Waals surface area contributed by atoms with Gasteiger partial charge in [0, 0.05) is 22.0 Å². The molecule has 134 valence electrons. The maximum absolute atomic E-state index is 12.2. The molecule has 0 spiro atoms. The summed E-state index contributed by atoms with van der Waals surface area (Å²) in [5.74, 6) is 0.693. The van der Waals surface area contributed by atoms with Gasteiger partial charge < -0.3 is 5.32 Å². The number of benzene rings is 1. The minimum Gasteiger partial charge on any atom is -0.302 e. The van der Waals surface area contributed by atoms with Gasteiger partial charge in [-0.3, -0.25) is 9.69 Å². The number of carbonyl (C=O) groups is 1. The molecule has 1 aromatic carbocycles. The van der Waals surface area contributed by atoms with Gasteiger partial charge in [0.15, 0.2) is 5.13 Å². The third-order valence-corrected chi connectivity index (χ3v) is 5.82. The lowest BCUT2D eigenvalue weighted by atomic mass is 9.99. The van der Waals surface area contributed by atoms with Crippen molar-refractivity contribution in [2.24, 2.45) is 5.92 Å². The summed E-state index contributed by atoms with van der Waals surface area (Å²) >= 11 is 13.5. The molecule has 1 aromatic heterocycles. The number of anilines is 1. The Balaban J connectivity index is 1.53. The zero-order valence-electron chi connectivity index (χ0n) is 14.1. The molecule has 1 N–H and O–H groups in total. The van der Waals surface area contributed by atoms with E-state index in [0.29, 0.717) is 15.2 Å². The highest BCUT2D eigenvalue weighted by molar-refractivity contribution is 7.13. The average molecular weight is 398 g/mol. The van der Waals surface area contributed by atoms with Crippen LogP contribution in [0.1, 0.15) is 31.0 Å². The second-order valence-corrected chi connectivity index (χ2v) is 8.27. The fourth-order valence-corrected chi connectivity index (χ4v) is 4.08. The van der Waals surface area contributed by atoms with Crippen molar-refractivity contribution in [2.45, 2.75) is 32.7 Å². The zero-order valence-corrected chi connectivity index (χ0v) is 16.4. The molecule has 1 aliphatic heterocycles. The Morgan fingerprint density at radius 1 is 1.36 bits per heavy atom. The molecule has 0 bridgehead atoms. The highest BCUT2D eigenvalue weighted by atomic mass is 35.5. The van der Waals surface area contributed by atoms with Crippen LogP contribution >= 0.6 is 34.5 Å². The Morgan fingerprint density at radius 3 is 2.84 bits per heavy atom. The van der Waals surface area contributed by atoms with Crippen LogP contribution in [0, 0.1) is 5.92 Å². The Kier molecular flexibility index (Phi) is 6.34. The third kappa shape index (κ3) is 5.42. The predicted octanol–water partition coefficient (Wildman–Crippen LogP) is 4.86. The van der Waals surface area contributed by atoms with Gasteiger partial charge in [0.1, 0.15) is 0 Å². The zero-order chi connectivity index (χ0) is 17.8. The number of thiazole rings is 1. The van der Waals surface area contributed by atoms with Crippen molar-refractivity contribution < 1.29 is 4.79 Å². The van der Waals surface area contributed by atoms with Gasteiger partial charge in [0.25, 0.3) is 0 Å². The first-order valence-electron chi connectivity index (χ1n) is 8.40. The number of rotatable bonds is 5. The van der Waals surface area contributed by atoms with Crippen molar-refractivity contribution in [3.8, 4) is 0 Å². The number of hydrogen-bond acceptors (Lipinski definition) is 4. The maximum atomic E-state index is 12.2. The van der Waals surface area contributed by atoms with Crippen molar-refractivity contribution in [1.82, 2.24) is 9.88 Å². The lowest BCUT2D eigenvalue weighted by molar-refractivity contribution is -0.115. The van der Waals surface area contributed by atoms with Crippen molar-refractivity contribution in [3.63, 3.8) is 0 Å². The van der Waals surface area contributed by atoms with Crippen molar-refractivity contribution in [2.75, 3.05) is 18.4 Å². The van der Waals surface area contributed by atoms with Crippen molar-refractivity contribution >= 4 is 45.6 Å². The van der Waals surface area contributed by atoms with Crippen LogP contribution in [0.15, 0.2) is 23.6 Å². The van der Waals surface area contributed by atoms with E-state index in [4.69, 9.17) is 23.2 Å². The van der Waals surface area contributed by atoms with Gasteiger partial charge in [-0.1, -0.05) is 36.2 Å². The standard InChI is InChI=1S/C18H21Cl2N3OS/c1-12-4-6-23(7-5-12)10-15-11-25-18(21-15)22-17(24)8-13-2-3-14(19)9-16(13)20/h2-3,9,11-12H,4-8,10H2,1H3,(H,21,22,24). The first-order valence-corrected chi connectivity index (χ1v) is 10.0.